The lowest BCUT2D eigenvalue weighted by atomic mass is 10.1. The van der Waals surface area contributed by atoms with Crippen molar-refractivity contribution in [2.75, 3.05) is 18.0 Å². The van der Waals surface area contributed by atoms with Gasteiger partial charge in [-0.05, 0) is 23.6 Å². The van der Waals surface area contributed by atoms with Crippen LogP contribution in [0.3, 0.4) is 0 Å². The highest BCUT2D eigenvalue weighted by atomic mass is 35.5. The number of hydrogen-bond donors (Lipinski definition) is 0. The van der Waals surface area contributed by atoms with Crippen LogP contribution < -0.4 is 4.90 Å². The summed E-state index contributed by atoms with van der Waals surface area (Å²) in [6.07, 6.45) is 0.364. The number of nitrogens with zero attached hydrogens (tertiary/aromatic N) is 6. The predicted molar refractivity (Wildman–Crippen MR) is 61.5 cm³/mol. The van der Waals surface area contributed by atoms with Gasteiger partial charge in [-0.15, -0.1) is 10.2 Å². The van der Waals surface area contributed by atoms with E-state index in [0.717, 1.165) is 0 Å². The first-order valence-corrected chi connectivity index (χ1v) is 5.39. The van der Waals surface area contributed by atoms with E-state index >= 15 is 0 Å². The van der Waals surface area contributed by atoms with Crippen LogP contribution in [0.4, 0.5) is 5.82 Å². The van der Waals surface area contributed by atoms with Crippen LogP contribution in [-0.4, -0.2) is 29.2 Å². The fourth-order valence-electron chi connectivity index (χ4n) is 1.73. The summed E-state index contributed by atoms with van der Waals surface area (Å²) in [4.78, 5) is 15.9. The molecule has 2 rings (SSSR count). The second-order valence-corrected chi connectivity index (χ2v) is 4.09. The van der Waals surface area contributed by atoms with Crippen molar-refractivity contribution in [2.24, 2.45) is 11.0 Å². The Labute approximate surface area is 102 Å². The van der Waals surface area contributed by atoms with E-state index in [1.54, 1.807) is 12.1 Å². The molecule has 0 aliphatic carbocycles. The van der Waals surface area contributed by atoms with Crippen LogP contribution in [0, 0.1) is 5.92 Å². The quantitative estimate of drug-likeness (QED) is 0.466. The third-order valence-electron chi connectivity index (χ3n) is 2.50. The second-order valence-electron chi connectivity index (χ2n) is 3.70. The maximum Gasteiger partial charge on any atom is 0.228 e. The van der Waals surface area contributed by atoms with Gasteiger partial charge in [0.25, 0.3) is 0 Å². The third kappa shape index (κ3) is 2.64. The van der Waals surface area contributed by atoms with E-state index in [2.05, 4.69) is 20.2 Å². The molecular weight excluding hydrogens is 244 g/mol. The van der Waals surface area contributed by atoms with Gasteiger partial charge in [0.2, 0.25) is 5.91 Å². The molecule has 88 valence electrons. The van der Waals surface area contributed by atoms with Crippen molar-refractivity contribution in [2.45, 2.75) is 6.42 Å². The first-order valence-electron chi connectivity index (χ1n) is 5.01. The minimum absolute atomic E-state index is 0.0379. The standard InChI is InChI=1S/C9H9ClN6O/c10-7-1-2-8(14-13-7)16-5-6(3-9(16)17)4-12-15-11/h1-2,6H,3-5H2. The number of carbonyl (C=O) groups is 1. The molecule has 0 spiro atoms. The summed E-state index contributed by atoms with van der Waals surface area (Å²) in [7, 11) is 0. The van der Waals surface area contributed by atoms with E-state index in [4.69, 9.17) is 17.1 Å². The Morgan fingerprint density at radius 3 is 3.06 bits per heavy atom. The zero-order valence-corrected chi connectivity index (χ0v) is 9.58. The fourth-order valence-corrected chi connectivity index (χ4v) is 1.83. The Hall–Kier alpha value is -1.85. The van der Waals surface area contributed by atoms with Crippen molar-refractivity contribution >= 4 is 23.3 Å². The molecule has 8 heteroatoms. The number of aromatic nitrogens is 2. The van der Waals surface area contributed by atoms with Crippen molar-refractivity contribution in [3.05, 3.63) is 27.7 Å². The van der Waals surface area contributed by atoms with Gasteiger partial charge in [0.1, 0.15) is 0 Å². The van der Waals surface area contributed by atoms with Crippen molar-refractivity contribution < 1.29 is 4.79 Å². The summed E-state index contributed by atoms with van der Waals surface area (Å²) >= 11 is 5.62. The number of azide groups is 1. The Bertz CT molecular complexity index is 469. The average molecular weight is 253 g/mol. The Morgan fingerprint density at radius 2 is 2.41 bits per heavy atom. The molecule has 0 radical (unpaired) electrons. The molecular formula is C9H9ClN6O. The average Bonchev–Trinajstić information content (AvgIpc) is 2.69. The molecule has 1 saturated heterocycles. The van der Waals surface area contributed by atoms with Crippen LogP contribution >= 0.6 is 11.6 Å². The van der Waals surface area contributed by atoms with E-state index in [-0.39, 0.29) is 17.0 Å². The number of anilines is 1. The van der Waals surface area contributed by atoms with E-state index in [1.807, 2.05) is 0 Å². The highest BCUT2D eigenvalue weighted by molar-refractivity contribution is 6.29. The minimum Gasteiger partial charge on any atom is -0.295 e. The molecule has 0 aromatic carbocycles. The van der Waals surface area contributed by atoms with E-state index in [9.17, 15) is 4.79 Å². The van der Waals surface area contributed by atoms with E-state index < -0.39 is 0 Å². The smallest absolute Gasteiger partial charge is 0.228 e. The van der Waals surface area contributed by atoms with Crippen LogP contribution in [0.5, 0.6) is 0 Å². The largest absolute Gasteiger partial charge is 0.295 e. The molecule has 1 atom stereocenters. The van der Waals surface area contributed by atoms with Gasteiger partial charge in [-0.1, -0.05) is 16.7 Å². The molecule has 1 amide bonds. The third-order valence-corrected chi connectivity index (χ3v) is 2.70. The molecule has 1 aromatic rings. The molecule has 1 aliphatic rings. The molecule has 1 fully saturated rings. The lowest BCUT2D eigenvalue weighted by molar-refractivity contribution is -0.117. The summed E-state index contributed by atoms with van der Waals surface area (Å²) in [5, 5.41) is 11.3. The van der Waals surface area contributed by atoms with Crippen LogP contribution in [0.1, 0.15) is 6.42 Å². The molecule has 7 nitrogen and oxygen atoms in total. The van der Waals surface area contributed by atoms with Gasteiger partial charge in [0, 0.05) is 24.4 Å². The summed E-state index contributed by atoms with van der Waals surface area (Å²) in [6, 6.07) is 3.22. The number of amides is 1. The topological polar surface area (TPSA) is 94.9 Å². The fraction of sp³-hybridized carbons (Fsp3) is 0.444. The van der Waals surface area contributed by atoms with Gasteiger partial charge in [-0.2, -0.15) is 0 Å². The van der Waals surface area contributed by atoms with Crippen molar-refractivity contribution in [3.63, 3.8) is 0 Å². The zero-order valence-electron chi connectivity index (χ0n) is 8.82. The molecule has 0 N–H and O–H groups in total. The molecule has 1 unspecified atom stereocenters. The van der Waals surface area contributed by atoms with Crippen molar-refractivity contribution in [1.29, 1.82) is 0 Å². The molecule has 2 heterocycles. The number of halogens is 1. The molecule has 17 heavy (non-hydrogen) atoms. The number of carbonyl (C=O) groups excluding carboxylic acids is 1. The monoisotopic (exact) mass is 252 g/mol. The Morgan fingerprint density at radius 1 is 1.59 bits per heavy atom. The second kappa shape index (κ2) is 4.99. The van der Waals surface area contributed by atoms with Gasteiger partial charge in [0.05, 0.1) is 0 Å². The zero-order chi connectivity index (χ0) is 12.3. The molecule has 0 bridgehead atoms. The predicted octanol–water partition coefficient (Wildman–Crippen LogP) is 1.79. The summed E-state index contributed by atoms with van der Waals surface area (Å²) in [6.45, 7) is 0.813. The van der Waals surface area contributed by atoms with Crippen LogP contribution in [-0.2, 0) is 4.79 Å². The van der Waals surface area contributed by atoms with E-state index in [1.165, 1.54) is 4.90 Å². The van der Waals surface area contributed by atoms with Gasteiger partial charge < -0.3 is 0 Å². The minimum atomic E-state index is -0.0419. The van der Waals surface area contributed by atoms with Gasteiger partial charge >= 0.3 is 0 Å². The molecule has 1 aliphatic heterocycles. The van der Waals surface area contributed by atoms with Gasteiger partial charge in [0.15, 0.2) is 11.0 Å². The molecule has 0 saturated carbocycles. The van der Waals surface area contributed by atoms with E-state index in [0.29, 0.717) is 25.3 Å². The Balaban J connectivity index is 2.10. The van der Waals surface area contributed by atoms with Gasteiger partial charge in [-0.3, -0.25) is 9.69 Å². The lowest BCUT2D eigenvalue weighted by Gasteiger charge is -2.13. The van der Waals surface area contributed by atoms with Crippen molar-refractivity contribution in [3.8, 4) is 0 Å². The number of rotatable bonds is 3. The number of hydrogen-bond acceptors (Lipinski definition) is 4. The van der Waals surface area contributed by atoms with Crippen LogP contribution in [0.2, 0.25) is 5.15 Å². The maximum absolute atomic E-state index is 11.7. The maximum atomic E-state index is 11.7. The van der Waals surface area contributed by atoms with Crippen LogP contribution in [0.25, 0.3) is 10.4 Å². The summed E-state index contributed by atoms with van der Waals surface area (Å²) < 4.78 is 0. The van der Waals surface area contributed by atoms with Crippen LogP contribution in [0.15, 0.2) is 17.2 Å². The normalized spacial score (nSPS) is 19.2. The summed E-state index contributed by atoms with van der Waals surface area (Å²) in [5.74, 6) is 0.471. The lowest BCUT2D eigenvalue weighted by Crippen LogP contribution is -2.26. The van der Waals surface area contributed by atoms with Crippen molar-refractivity contribution in [1.82, 2.24) is 10.2 Å². The SMILES string of the molecule is [N-]=[N+]=NCC1CC(=O)N(c2ccc(Cl)nn2)C1. The highest BCUT2D eigenvalue weighted by Gasteiger charge is 2.30. The first kappa shape index (κ1) is 11.6. The summed E-state index contributed by atoms with van der Waals surface area (Å²) in [5.41, 5.74) is 8.23. The highest BCUT2D eigenvalue weighted by Crippen LogP contribution is 2.23. The van der Waals surface area contributed by atoms with Gasteiger partial charge in [-0.25, -0.2) is 0 Å². The molecule has 1 aromatic heterocycles. The first-order chi connectivity index (χ1) is 8.20. The Kier molecular flexibility index (Phi) is 3.41.